The number of nitro benzene ring substituents is 1. The van der Waals surface area contributed by atoms with Gasteiger partial charge in [-0.15, -0.1) is 0 Å². The summed E-state index contributed by atoms with van der Waals surface area (Å²) >= 11 is 0. The summed E-state index contributed by atoms with van der Waals surface area (Å²) in [5.41, 5.74) is 1.35. The molecule has 0 aliphatic carbocycles. The average Bonchev–Trinajstić information content (AvgIpc) is 2.65. The third-order valence-electron chi connectivity index (χ3n) is 4.46. The fourth-order valence-corrected chi connectivity index (χ4v) is 2.82. The van der Waals surface area contributed by atoms with Crippen LogP contribution < -0.4 is 0 Å². The number of non-ortho nitro benzene ring substituents is 1. The minimum absolute atomic E-state index is 0.0240. The van der Waals surface area contributed by atoms with Crippen LogP contribution in [0.1, 0.15) is 28.9 Å². The van der Waals surface area contributed by atoms with Gasteiger partial charge in [-0.2, -0.15) is 0 Å². The summed E-state index contributed by atoms with van der Waals surface area (Å²) in [7, 11) is 1.71. The standard InChI is InChI=1S/C20H18N2O3/c1-14(16-8-5-9-19(13-16)22(24)25)21(2)20(23)18-11-10-15-6-3-4-7-17(15)12-18/h3-14H,1-2H3. The molecule has 3 aromatic rings. The highest BCUT2D eigenvalue weighted by Crippen LogP contribution is 2.25. The molecule has 25 heavy (non-hydrogen) atoms. The largest absolute Gasteiger partial charge is 0.335 e. The van der Waals surface area contributed by atoms with Crippen LogP contribution in [-0.2, 0) is 0 Å². The summed E-state index contributed by atoms with van der Waals surface area (Å²) in [5.74, 6) is -0.121. The Morgan fingerprint density at radius 1 is 1.00 bits per heavy atom. The number of carbonyl (C=O) groups excluding carboxylic acids is 1. The lowest BCUT2D eigenvalue weighted by atomic mass is 10.0. The smallest absolute Gasteiger partial charge is 0.269 e. The minimum Gasteiger partial charge on any atom is -0.335 e. The lowest BCUT2D eigenvalue weighted by Gasteiger charge is -2.25. The van der Waals surface area contributed by atoms with Crippen LogP contribution in [0.4, 0.5) is 5.69 Å². The van der Waals surface area contributed by atoms with E-state index in [4.69, 9.17) is 0 Å². The fraction of sp³-hybridized carbons (Fsp3) is 0.150. The second-order valence-corrected chi connectivity index (χ2v) is 6.01. The molecule has 3 aromatic carbocycles. The van der Waals surface area contributed by atoms with E-state index in [9.17, 15) is 14.9 Å². The topological polar surface area (TPSA) is 63.5 Å². The second kappa shape index (κ2) is 6.73. The maximum atomic E-state index is 12.8. The maximum Gasteiger partial charge on any atom is 0.269 e. The quantitative estimate of drug-likeness (QED) is 0.518. The number of rotatable bonds is 4. The number of benzene rings is 3. The van der Waals surface area contributed by atoms with E-state index in [1.165, 1.54) is 12.1 Å². The van der Waals surface area contributed by atoms with Crippen molar-refractivity contribution in [2.24, 2.45) is 0 Å². The molecule has 0 radical (unpaired) electrons. The van der Waals surface area contributed by atoms with Crippen molar-refractivity contribution in [3.05, 3.63) is 88.0 Å². The molecule has 0 saturated heterocycles. The summed E-state index contributed by atoms with van der Waals surface area (Å²) in [5, 5.41) is 13.0. The molecule has 0 spiro atoms. The molecule has 1 amide bonds. The van der Waals surface area contributed by atoms with E-state index in [1.54, 1.807) is 30.1 Å². The monoisotopic (exact) mass is 334 g/mol. The molecule has 1 unspecified atom stereocenters. The highest BCUT2D eigenvalue weighted by atomic mass is 16.6. The van der Waals surface area contributed by atoms with Crippen LogP contribution in [-0.4, -0.2) is 22.8 Å². The van der Waals surface area contributed by atoms with Crippen LogP contribution in [0.25, 0.3) is 10.8 Å². The first-order valence-electron chi connectivity index (χ1n) is 7.97. The Kier molecular flexibility index (Phi) is 4.48. The Labute approximate surface area is 145 Å². The van der Waals surface area contributed by atoms with Crippen LogP contribution >= 0.6 is 0 Å². The van der Waals surface area contributed by atoms with E-state index in [2.05, 4.69) is 0 Å². The molecule has 3 rings (SSSR count). The number of fused-ring (bicyclic) bond motifs is 1. The van der Waals surface area contributed by atoms with E-state index < -0.39 is 4.92 Å². The third-order valence-corrected chi connectivity index (χ3v) is 4.46. The molecule has 0 aliphatic rings. The number of amides is 1. The van der Waals surface area contributed by atoms with Gasteiger partial charge in [-0.05, 0) is 35.4 Å². The Morgan fingerprint density at radius 3 is 2.44 bits per heavy atom. The van der Waals surface area contributed by atoms with Gasteiger partial charge in [0.1, 0.15) is 0 Å². The van der Waals surface area contributed by atoms with Gasteiger partial charge in [0.25, 0.3) is 11.6 Å². The van der Waals surface area contributed by atoms with Crippen molar-refractivity contribution >= 4 is 22.4 Å². The van der Waals surface area contributed by atoms with E-state index in [0.29, 0.717) is 5.56 Å². The highest BCUT2D eigenvalue weighted by molar-refractivity contribution is 5.98. The van der Waals surface area contributed by atoms with Gasteiger partial charge < -0.3 is 4.90 Å². The van der Waals surface area contributed by atoms with Gasteiger partial charge in [-0.25, -0.2) is 0 Å². The van der Waals surface area contributed by atoms with Crippen LogP contribution in [0, 0.1) is 10.1 Å². The van der Waals surface area contributed by atoms with Gasteiger partial charge >= 0.3 is 0 Å². The van der Waals surface area contributed by atoms with Crippen molar-refractivity contribution in [2.45, 2.75) is 13.0 Å². The fourth-order valence-electron chi connectivity index (χ4n) is 2.82. The SMILES string of the molecule is CC(c1cccc([N+](=O)[O-])c1)N(C)C(=O)c1ccc2ccccc2c1. The van der Waals surface area contributed by atoms with Crippen molar-refractivity contribution in [2.75, 3.05) is 7.05 Å². The van der Waals surface area contributed by atoms with E-state index in [1.807, 2.05) is 43.3 Å². The molecule has 1 atom stereocenters. The predicted octanol–water partition coefficient (Wildman–Crippen LogP) is 4.58. The zero-order valence-electron chi connectivity index (χ0n) is 14.0. The Balaban J connectivity index is 1.87. The first kappa shape index (κ1) is 16.6. The van der Waals surface area contributed by atoms with E-state index in [-0.39, 0.29) is 17.6 Å². The summed E-state index contributed by atoms with van der Waals surface area (Å²) in [6.07, 6.45) is 0. The Bertz CT molecular complexity index is 952. The van der Waals surface area contributed by atoms with Crippen molar-refractivity contribution in [1.82, 2.24) is 4.90 Å². The van der Waals surface area contributed by atoms with E-state index in [0.717, 1.165) is 16.3 Å². The highest BCUT2D eigenvalue weighted by Gasteiger charge is 2.20. The molecular weight excluding hydrogens is 316 g/mol. The number of hydrogen-bond acceptors (Lipinski definition) is 3. The zero-order valence-corrected chi connectivity index (χ0v) is 14.0. The summed E-state index contributed by atoms with van der Waals surface area (Å²) < 4.78 is 0. The first-order valence-corrected chi connectivity index (χ1v) is 7.97. The molecule has 0 bridgehead atoms. The van der Waals surface area contributed by atoms with Gasteiger partial charge in [0, 0.05) is 24.7 Å². The zero-order chi connectivity index (χ0) is 18.0. The third kappa shape index (κ3) is 3.35. The first-order chi connectivity index (χ1) is 12.0. The summed E-state index contributed by atoms with van der Waals surface area (Å²) in [6.45, 7) is 1.86. The van der Waals surface area contributed by atoms with Gasteiger partial charge in [0.15, 0.2) is 0 Å². The molecule has 5 heteroatoms. The van der Waals surface area contributed by atoms with Crippen molar-refractivity contribution < 1.29 is 9.72 Å². The summed E-state index contributed by atoms with van der Waals surface area (Å²) in [4.78, 5) is 24.9. The molecule has 5 nitrogen and oxygen atoms in total. The maximum absolute atomic E-state index is 12.8. The van der Waals surface area contributed by atoms with Gasteiger partial charge in [0.05, 0.1) is 11.0 Å². The number of nitrogens with zero attached hydrogens (tertiary/aromatic N) is 2. The Hall–Kier alpha value is -3.21. The molecule has 0 heterocycles. The molecule has 0 aromatic heterocycles. The number of carbonyl (C=O) groups is 1. The molecular formula is C20H18N2O3. The Morgan fingerprint density at radius 2 is 1.72 bits per heavy atom. The van der Waals surface area contributed by atoms with Gasteiger partial charge in [-0.1, -0.05) is 42.5 Å². The molecule has 0 fully saturated rings. The number of nitro groups is 1. The normalized spacial score (nSPS) is 11.9. The summed E-state index contributed by atoms with van der Waals surface area (Å²) in [6, 6.07) is 19.6. The molecule has 126 valence electrons. The number of hydrogen-bond donors (Lipinski definition) is 0. The van der Waals surface area contributed by atoms with Crippen LogP contribution in [0.15, 0.2) is 66.7 Å². The van der Waals surface area contributed by atoms with E-state index >= 15 is 0 Å². The van der Waals surface area contributed by atoms with Crippen LogP contribution in [0.3, 0.4) is 0 Å². The van der Waals surface area contributed by atoms with Crippen LogP contribution in [0.2, 0.25) is 0 Å². The molecule has 0 aliphatic heterocycles. The van der Waals surface area contributed by atoms with Crippen molar-refractivity contribution in [3.8, 4) is 0 Å². The predicted molar refractivity (Wildman–Crippen MR) is 97.6 cm³/mol. The molecule has 0 N–H and O–H groups in total. The van der Waals surface area contributed by atoms with Crippen molar-refractivity contribution in [1.29, 1.82) is 0 Å². The minimum atomic E-state index is -0.429. The lowest BCUT2D eigenvalue weighted by molar-refractivity contribution is -0.384. The average molecular weight is 334 g/mol. The van der Waals surface area contributed by atoms with Gasteiger partial charge in [-0.3, -0.25) is 14.9 Å². The lowest BCUT2D eigenvalue weighted by Crippen LogP contribution is -2.29. The second-order valence-electron chi connectivity index (χ2n) is 6.01. The van der Waals surface area contributed by atoms with Crippen LogP contribution in [0.5, 0.6) is 0 Å². The van der Waals surface area contributed by atoms with Crippen molar-refractivity contribution in [3.63, 3.8) is 0 Å². The van der Waals surface area contributed by atoms with Gasteiger partial charge in [0.2, 0.25) is 0 Å². The molecule has 0 saturated carbocycles.